The molecule has 6 heteroatoms. The molecular weight excluding hydrogens is 238 g/mol. The third kappa shape index (κ3) is 2.72. The van der Waals surface area contributed by atoms with Crippen LogP contribution in [0.25, 0.3) is 0 Å². The lowest BCUT2D eigenvalue weighted by molar-refractivity contribution is 0.0264. The van der Waals surface area contributed by atoms with Gasteiger partial charge >= 0.3 is 0 Å². The lowest BCUT2D eigenvalue weighted by atomic mass is 10.0. The van der Waals surface area contributed by atoms with Crippen molar-refractivity contribution in [3.63, 3.8) is 0 Å². The number of carbonyl (C=O) groups is 1. The Bertz CT molecular complexity index is 454. The van der Waals surface area contributed by atoms with Crippen molar-refractivity contribution in [1.82, 2.24) is 5.32 Å². The van der Waals surface area contributed by atoms with Crippen molar-refractivity contribution in [2.45, 2.75) is 12.0 Å². The van der Waals surface area contributed by atoms with Crippen LogP contribution in [0.15, 0.2) is 18.2 Å². The number of ether oxygens (including phenoxy) is 1. The van der Waals surface area contributed by atoms with Crippen LogP contribution in [0.1, 0.15) is 16.8 Å². The fourth-order valence-electron chi connectivity index (χ4n) is 1.75. The maximum atomic E-state index is 11.8. The smallest absolute Gasteiger partial charge is 0.251 e. The van der Waals surface area contributed by atoms with Gasteiger partial charge in [0.25, 0.3) is 5.91 Å². The highest BCUT2D eigenvalue weighted by molar-refractivity contribution is 5.94. The van der Waals surface area contributed by atoms with Gasteiger partial charge in [0.05, 0.1) is 6.61 Å². The van der Waals surface area contributed by atoms with Gasteiger partial charge < -0.3 is 25.4 Å². The van der Waals surface area contributed by atoms with Crippen molar-refractivity contribution in [1.29, 1.82) is 0 Å². The molecule has 1 unspecified atom stereocenters. The molecular formula is C12H15NO5. The molecule has 18 heavy (non-hydrogen) atoms. The van der Waals surface area contributed by atoms with Crippen LogP contribution in [0.4, 0.5) is 0 Å². The highest BCUT2D eigenvalue weighted by atomic mass is 16.5. The van der Waals surface area contributed by atoms with Crippen LogP contribution in [0.5, 0.6) is 11.5 Å². The molecule has 4 N–H and O–H groups in total. The van der Waals surface area contributed by atoms with E-state index in [0.29, 0.717) is 13.0 Å². The molecule has 0 radical (unpaired) electrons. The SMILES string of the molecule is O=C(NCC1(O)CCOC1)c1ccc(O)c(O)c1. The Morgan fingerprint density at radius 1 is 1.39 bits per heavy atom. The summed E-state index contributed by atoms with van der Waals surface area (Å²) >= 11 is 0. The molecule has 2 rings (SSSR count). The fraction of sp³-hybridized carbons (Fsp3) is 0.417. The number of phenols is 2. The Kier molecular flexibility index (Phi) is 3.40. The molecule has 1 amide bonds. The summed E-state index contributed by atoms with van der Waals surface area (Å²) in [5.41, 5.74) is -0.804. The van der Waals surface area contributed by atoms with E-state index in [1.54, 1.807) is 0 Å². The number of nitrogens with one attached hydrogen (secondary N) is 1. The zero-order valence-electron chi connectivity index (χ0n) is 9.72. The Balaban J connectivity index is 1.97. The van der Waals surface area contributed by atoms with Crippen molar-refractivity contribution >= 4 is 5.91 Å². The summed E-state index contributed by atoms with van der Waals surface area (Å²) in [4.78, 5) is 11.8. The van der Waals surface area contributed by atoms with Gasteiger partial charge in [-0.15, -0.1) is 0 Å². The summed E-state index contributed by atoms with van der Waals surface area (Å²) in [5, 5.41) is 30.9. The largest absolute Gasteiger partial charge is 0.504 e. The zero-order valence-corrected chi connectivity index (χ0v) is 9.72. The molecule has 1 aliphatic rings. The lowest BCUT2D eigenvalue weighted by Crippen LogP contribution is -2.43. The number of phenolic OH excluding ortho intramolecular Hbond substituents is 2. The number of hydrogen-bond donors (Lipinski definition) is 4. The molecule has 1 aliphatic heterocycles. The second-order valence-corrected chi connectivity index (χ2v) is 4.41. The summed E-state index contributed by atoms with van der Waals surface area (Å²) in [6.45, 7) is 0.772. The maximum Gasteiger partial charge on any atom is 0.251 e. The predicted octanol–water partition coefficient (Wildman–Crippen LogP) is -0.0210. The molecule has 0 aliphatic carbocycles. The van der Waals surface area contributed by atoms with Crippen LogP contribution >= 0.6 is 0 Å². The van der Waals surface area contributed by atoms with E-state index in [9.17, 15) is 15.0 Å². The zero-order chi connectivity index (χ0) is 13.2. The number of rotatable bonds is 3. The normalized spacial score (nSPS) is 22.9. The first kappa shape index (κ1) is 12.7. The van der Waals surface area contributed by atoms with Gasteiger partial charge in [0.2, 0.25) is 0 Å². The number of benzene rings is 1. The minimum atomic E-state index is -1.02. The molecule has 0 bridgehead atoms. The molecule has 1 aromatic carbocycles. The Morgan fingerprint density at radius 3 is 2.78 bits per heavy atom. The molecule has 98 valence electrons. The predicted molar refractivity (Wildman–Crippen MR) is 62.5 cm³/mol. The van der Waals surface area contributed by atoms with Crippen molar-refractivity contribution in [3.8, 4) is 11.5 Å². The van der Waals surface area contributed by atoms with E-state index in [0.717, 1.165) is 0 Å². The average Bonchev–Trinajstić information content (AvgIpc) is 2.77. The van der Waals surface area contributed by atoms with Crippen LogP contribution in [-0.4, -0.2) is 46.6 Å². The summed E-state index contributed by atoms with van der Waals surface area (Å²) in [7, 11) is 0. The van der Waals surface area contributed by atoms with E-state index >= 15 is 0 Å². The summed E-state index contributed by atoms with van der Waals surface area (Å²) in [6.07, 6.45) is 0.480. The molecule has 6 nitrogen and oxygen atoms in total. The van der Waals surface area contributed by atoms with Crippen molar-refractivity contribution < 1.29 is 24.9 Å². The minimum absolute atomic E-state index is 0.0907. The standard InChI is InChI=1S/C12H15NO5/c14-9-2-1-8(5-10(9)15)11(16)13-6-12(17)3-4-18-7-12/h1-2,5,14-15,17H,3-4,6-7H2,(H,13,16). The van der Waals surface area contributed by atoms with Gasteiger partial charge in [-0.2, -0.15) is 0 Å². The monoisotopic (exact) mass is 253 g/mol. The van der Waals surface area contributed by atoms with Crippen molar-refractivity contribution in [2.75, 3.05) is 19.8 Å². The van der Waals surface area contributed by atoms with Gasteiger partial charge in [-0.3, -0.25) is 4.79 Å². The van der Waals surface area contributed by atoms with E-state index in [4.69, 9.17) is 9.84 Å². The summed E-state index contributed by atoms with van der Waals surface area (Å²) < 4.78 is 5.06. The number of amides is 1. The number of aliphatic hydroxyl groups is 1. The molecule has 0 spiro atoms. The van der Waals surface area contributed by atoms with Gasteiger partial charge in [0.1, 0.15) is 5.60 Å². The van der Waals surface area contributed by atoms with Crippen LogP contribution in [0, 0.1) is 0 Å². The van der Waals surface area contributed by atoms with Gasteiger partial charge in [0, 0.05) is 25.1 Å². The van der Waals surface area contributed by atoms with Crippen LogP contribution < -0.4 is 5.32 Å². The average molecular weight is 253 g/mol. The first-order valence-electron chi connectivity index (χ1n) is 5.60. The van der Waals surface area contributed by atoms with E-state index < -0.39 is 11.5 Å². The molecule has 1 heterocycles. The van der Waals surface area contributed by atoms with Gasteiger partial charge in [0.15, 0.2) is 11.5 Å². The van der Waals surface area contributed by atoms with E-state index in [-0.39, 0.29) is 30.2 Å². The fourth-order valence-corrected chi connectivity index (χ4v) is 1.75. The molecule has 1 aromatic rings. The highest BCUT2D eigenvalue weighted by Crippen LogP contribution is 2.25. The van der Waals surface area contributed by atoms with Gasteiger partial charge in [-0.25, -0.2) is 0 Å². The third-order valence-electron chi connectivity index (χ3n) is 2.90. The topological polar surface area (TPSA) is 99.0 Å². The number of aromatic hydroxyl groups is 2. The molecule has 1 atom stereocenters. The quantitative estimate of drug-likeness (QED) is 0.567. The lowest BCUT2D eigenvalue weighted by Gasteiger charge is -2.20. The number of carbonyl (C=O) groups excluding carboxylic acids is 1. The summed E-state index contributed by atoms with van der Waals surface area (Å²) in [6, 6.07) is 3.79. The van der Waals surface area contributed by atoms with Crippen LogP contribution in [0.3, 0.4) is 0 Å². The second-order valence-electron chi connectivity index (χ2n) is 4.41. The first-order chi connectivity index (χ1) is 8.50. The number of hydrogen-bond acceptors (Lipinski definition) is 5. The highest BCUT2D eigenvalue weighted by Gasteiger charge is 2.32. The van der Waals surface area contributed by atoms with Gasteiger partial charge in [-0.1, -0.05) is 0 Å². The van der Waals surface area contributed by atoms with Crippen molar-refractivity contribution in [3.05, 3.63) is 23.8 Å². The van der Waals surface area contributed by atoms with E-state index in [1.807, 2.05) is 0 Å². The van der Waals surface area contributed by atoms with Crippen molar-refractivity contribution in [2.24, 2.45) is 0 Å². The van der Waals surface area contributed by atoms with Gasteiger partial charge in [-0.05, 0) is 18.2 Å². The van der Waals surface area contributed by atoms with Crippen LogP contribution in [-0.2, 0) is 4.74 Å². The summed E-state index contributed by atoms with van der Waals surface area (Å²) in [5.74, 6) is -1.06. The van der Waals surface area contributed by atoms with E-state index in [1.165, 1.54) is 18.2 Å². The molecule has 1 fully saturated rings. The second kappa shape index (κ2) is 4.83. The van der Waals surface area contributed by atoms with E-state index in [2.05, 4.69) is 5.32 Å². The Morgan fingerprint density at radius 2 is 2.17 bits per heavy atom. The molecule has 1 saturated heterocycles. The molecule has 0 aromatic heterocycles. The Hall–Kier alpha value is -1.79. The maximum absolute atomic E-state index is 11.8. The van der Waals surface area contributed by atoms with Crippen LogP contribution in [0.2, 0.25) is 0 Å². The Labute approximate surface area is 104 Å². The third-order valence-corrected chi connectivity index (χ3v) is 2.90. The molecule has 0 saturated carbocycles. The minimum Gasteiger partial charge on any atom is -0.504 e. The first-order valence-corrected chi connectivity index (χ1v) is 5.60.